The molecule has 1 N–H and O–H groups in total. The van der Waals surface area contributed by atoms with Gasteiger partial charge in [-0.05, 0) is 37.9 Å². The number of ether oxygens (including phenoxy) is 1. The minimum atomic E-state index is 0.373. The van der Waals surface area contributed by atoms with Gasteiger partial charge in [0.1, 0.15) is 0 Å². The van der Waals surface area contributed by atoms with E-state index in [-0.39, 0.29) is 0 Å². The molecule has 1 aromatic heterocycles. The monoisotopic (exact) mass is 234 g/mol. The number of hydrogen-bond donors (Lipinski definition) is 1. The molecule has 3 heteroatoms. The molecule has 1 saturated heterocycles. The molecular formula is C14H22N2O. The lowest BCUT2D eigenvalue weighted by Crippen LogP contribution is -2.28. The Bertz CT molecular complexity index is 367. The average Bonchev–Trinajstić information content (AvgIpc) is 2.72. The molecule has 3 unspecified atom stereocenters. The van der Waals surface area contributed by atoms with Gasteiger partial charge in [0.2, 0.25) is 0 Å². The normalized spacial score (nSPS) is 26.1. The molecule has 3 atom stereocenters. The van der Waals surface area contributed by atoms with Crippen LogP contribution in [0.25, 0.3) is 0 Å². The van der Waals surface area contributed by atoms with Crippen LogP contribution in [0.5, 0.6) is 0 Å². The first-order chi connectivity index (χ1) is 8.20. The summed E-state index contributed by atoms with van der Waals surface area (Å²) in [6, 6.07) is 2.60. The third kappa shape index (κ3) is 3.05. The second kappa shape index (κ2) is 5.61. The second-order valence-corrected chi connectivity index (χ2v) is 4.97. The highest BCUT2D eigenvalue weighted by molar-refractivity contribution is 5.21. The van der Waals surface area contributed by atoms with Gasteiger partial charge < -0.3 is 10.1 Å². The maximum Gasteiger partial charge on any atom is 0.0551 e. The molecular weight excluding hydrogens is 212 g/mol. The zero-order valence-corrected chi connectivity index (χ0v) is 10.9. The van der Waals surface area contributed by atoms with E-state index >= 15 is 0 Å². The summed E-state index contributed by atoms with van der Waals surface area (Å²) in [4.78, 5) is 4.30. The van der Waals surface area contributed by atoms with E-state index < -0.39 is 0 Å². The highest BCUT2D eigenvalue weighted by Crippen LogP contribution is 2.31. The van der Waals surface area contributed by atoms with Crippen LogP contribution in [0.4, 0.5) is 0 Å². The molecule has 1 aromatic rings. The minimum absolute atomic E-state index is 0.373. The van der Waals surface area contributed by atoms with Gasteiger partial charge in [-0.2, -0.15) is 0 Å². The number of hydrogen-bond acceptors (Lipinski definition) is 3. The summed E-state index contributed by atoms with van der Waals surface area (Å²) in [5, 5.41) is 3.57. The Morgan fingerprint density at radius 3 is 2.94 bits per heavy atom. The van der Waals surface area contributed by atoms with Crippen molar-refractivity contribution in [1.82, 2.24) is 10.3 Å². The predicted octanol–water partition coefficient (Wildman–Crippen LogP) is 2.47. The molecule has 0 spiro atoms. The summed E-state index contributed by atoms with van der Waals surface area (Å²) in [6.45, 7) is 8.22. The quantitative estimate of drug-likeness (QED) is 0.869. The van der Waals surface area contributed by atoms with Crippen molar-refractivity contribution in [2.24, 2.45) is 5.92 Å². The summed E-state index contributed by atoms with van der Waals surface area (Å²) >= 11 is 0. The number of aromatic nitrogens is 1. The molecule has 2 rings (SSSR count). The zero-order valence-electron chi connectivity index (χ0n) is 10.9. The van der Waals surface area contributed by atoms with Crippen LogP contribution in [-0.2, 0) is 4.74 Å². The molecule has 1 aliphatic heterocycles. The van der Waals surface area contributed by atoms with Crippen molar-refractivity contribution >= 4 is 0 Å². The Morgan fingerprint density at radius 1 is 1.53 bits per heavy atom. The summed E-state index contributed by atoms with van der Waals surface area (Å²) in [5.41, 5.74) is 2.51. The van der Waals surface area contributed by atoms with Gasteiger partial charge in [0.05, 0.1) is 12.7 Å². The topological polar surface area (TPSA) is 34.2 Å². The van der Waals surface area contributed by atoms with Crippen molar-refractivity contribution in [3.05, 3.63) is 29.6 Å². The summed E-state index contributed by atoms with van der Waals surface area (Å²) < 4.78 is 5.68. The van der Waals surface area contributed by atoms with E-state index in [1.54, 1.807) is 0 Å². The molecule has 0 radical (unpaired) electrons. The lowest BCUT2D eigenvalue weighted by atomic mass is 9.91. The van der Waals surface area contributed by atoms with Crippen LogP contribution < -0.4 is 5.32 Å². The van der Waals surface area contributed by atoms with Gasteiger partial charge in [-0.3, -0.25) is 4.98 Å². The van der Waals surface area contributed by atoms with E-state index in [0.717, 1.165) is 19.6 Å². The van der Waals surface area contributed by atoms with Crippen molar-refractivity contribution in [1.29, 1.82) is 0 Å². The molecule has 1 fully saturated rings. The molecule has 0 amide bonds. The lowest BCUT2D eigenvalue weighted by Gasteiger charge is -2.23. The van der Waals surface area contributed by atoms with Crippen LogP contribution in [-0.4, -0.2) is 24.2 Å². The first-order valence-electron chi connectivity index (χ1n) is 6.47. The molecule has 0 aliphatic carbocycles. The Kier molecular flexibility index (Phi) is 4.13. The zero-order chi connectivity index (χ0) is 12.3. The van der Waals surface area contributed by atoms with E-state index in [2.05, 4.69) is 37.1 Å². The number of aryl methyl sites for hydroxylation is 1. The molecule has 1 aliphatic rings. The van der Waals surface area contributed by atoms with Gasteiger partial charge in [0.15, 0.2) is 0 Å². The SMILES string of the molecule is CCNC(c1cncc(C)c1)C1COC(C)C1. The third-order valence-electron chi connectivity index (χ3n) is 3.38. The van der Waals surface area contributed by atoms with Crippen LogP contribution in [0.3, 0.4) is 0 Å². The Balaban J connectivity index is 2.16. The van der Waals surface area contributed by atoms with Gasteiger partial charge in [-0.25, -0.2) is 0 Å². The molecule has 0 saturated carbocycles. The average molecular weight is 234 g/mol. The molecule has 3 nitrogen and oxygen atoms in total. The van der Waals surface area contributed by atoms with Crippen LogP contribution in [0.2, 0.25) is 0 Å². The highest BCUT2D eigenvalue weighted by atomic mass is 16.5. The third-order valence-corrected chi connectivity index (χ3v) is 3.38. The number of rotatable bonds is 4. The Labute approximate surface area is 104 Å². The summed E-state index contributed by atoms with van der Waals surface area (Å²) in [7, 11) is 0. The fourth-order valence-corrected chi connectivity index (χ4v) is 2.61. The number of nitrogens with zero attached hydrogens (tertiary/aromatic N) is 1. The van der Waals surface area contributed by atoms with Crippen molar-refractivity contribution in [2.45, 2.75) is 39.3 Å². The largest absolute Gasteiger partial charge is 0.378 e. The molecule has 0 aromatic carbocycles. The summed E-state index contributed by atoms with van der Waals surface area (Å²) in [5.74, 6) is 0.563. The molecule has 0 bridgehead atoms. The smallest absolute Gasteiger partial charge is 0.0551 e. The van der Waals surface area contributed by atoms with Gasteiger partial charge in [-0.15, -0.1) is 0 Å². The Morgan fingerprint density at radius 2 is 2.35 bits per heavy atom. The summed E-state index contributed by atoms with van der Waals surface area (Å²) in [6.07, 6.45) is 5.40. The van der Waals surface area contributed by atoms with Crippen LogP contribution in [0.1, 0.15) is 37.4 Å². The first kappa shape index (κ1) is 12.5. The number of nitrogens with one attached hydrogen (secondary N) is 1. The molecule has 2 heterocycles. The van der Waals surface area contributed by atoms with Gasteiger partial charge in [0, 0.05) is 24.4 Å². The lowest BCUT2D eigenvalue weighted by molar-refractivity contribution is 0.117. The standard InChI is InChI=1S/C14H22N2O/c1-4-16-14(13-6-11(3)17-9-13)12-5-10(2)7-15-8-12/h5,7-8,11,13-14,16H,4,6,9H2,1-3H3. The number of pyridine rings is 1. The second-order valence-electron chi connectivity index (χ2n) is 4.97. The van der Waals surface area contributed by atoms with Gasteiger partial charge >= 0.3 is 0 Å². The maximum atomic E-state index is 5.68. The fourth-order valence-electron chi connectivity index (χ4n) is 2.61. The predicted molar refractivity (Wildman–Crippen MR) is 68.9 cm³/mol. The van der Waals surface area contributed by atoms with Gasteiger partial charge in [0.25, 0.3) is 0 Å². The fraction of sp³-hybridized carbons (Fsp3) is 0.643. The van der Waals surface area contributed by atoms with Crippen molar-refractivity contribution < 1.29 is 4.74 Å². The van der Waals surface area contributed by atoms with E-state index in [4.69, 9.17) is 4.74 Å². The maximum absolute atomic E-state index is 5.68. The van der Waals surface area contributed by atoms with Gasteiger partial charge in [-0.1, -0.05) is 13.0 Å². The van der Waals surface area contributed by atoms with E-state index in [1.807, 2.05) is 12.4 Å². The molecule has 17 heavy (non-hydrogen) atoms. The van der Waals surface area contributed by atoms with Crippen LogP contribution in [0, 0.1) is 12.8 Å². The van der Waals surface area contributed by atoms with E-state index in [1.165, 1.54) is 11.1 Å². The van der Waals surface area contributed by atoms with Crippen molar-refractivity contribution in [2.75, 3.05) is 13.2 Å². The van der Waals surface area contributed by atoms with Crippen LogP contribution in [0.15, 0.2) is 18.5 Å². The molecule has 94 valence electrons. The van der Waals surface area contributed by atoms with E-state index in [9.17, 15) is 0 Å². The minimum Gasteiger partial charge on any atom is -0.378 e. The van der Waals surface area contributed by atoms with E-state index in [0.29, 0.717) is 18.1 Å². The van der Waals surface area contributed by atoms with Crippen LogP contribution >= 0.6 is 0 Å². The van der Waals surface area contributed by atoms with Crippen molar-refractivity contribution in [3.63, 3.8) is 0 Å². The first-order valence-corrected chi connectivity index (χ1v) is 6.47. The highest BCUT2D eigenvalue weighted by Gasteiger charge is 2.30. The Hall–Kier alpha value is -0.930. The van der Waals surface area contributed by atoms with Crippen molar-refractivity contribution in [3.8, 4) is 0 Å².